The molecule has 1 N–H and O–H groups in total. The Kier molecular flexibility index (Phi) is 6.71. The maximum absolute atomic E-state index is 13.5. The average molecular weight is 596 g/mol. The Morgan fingerprint density at radius 3 is 2.23 bits per heavy atom. The molecule has 2 fully saturated rings. The zero-order chi connectivity index (χ0) is 30.9. The molecule has 43 heavy (non-hydrogen) atoms. The summed E-state index contributed by atoms with van der Waals surface area (Å²) in [6.07, 6.45) is -1.12. The van der Waals surface area contributed by atoms with Crippen LogP contribution in [0.2, 0.25) is 0 Å². The molecule has 0 atom stereocenters. The summed E-state index contributed by atoms with van der Waals surface area (Å²) in [5.74, 6) is -0.275. The van der Waals surface area contributed by atoms with Gasteiger partial charge in [-0.3, -0.25) is 4.79 Å². The predicted molar refractivity (Wildman–Crippen MR) is 159 cm³/mol. The lowest BCUT2D eigenvalue weighted by Gasteiger charge is -2.36. The molecule has 0 spiro atoms. The van der Waals surface area contributed by atoms with Crippen molar-refractivity contribution in [1.82, 2.24) is 9.47 Å². The summed E-state index contributed by atoms with van der Waals surface area (Å²) in [5.41, 5.74) is 2.13. The number of nitrogens with zero attached hydrogens (tertiary/aromatic N) is 2. The van der Waals surface area contributed by atoms with Crippen molar-refractivity contribution in [2.45, 2.75) is 96.0 Å². The lowest BCUT2D eigenvalue weighted by atomic mass is 9.91. The number of likely N-dealkylation sites (tertiary alicyclic amines) is 1. The van der Waals surface area contributed by atoms with Gasteiger partial charge in [0.05, 0.1) is 5.41 Å². The van der Waals surface area contributed by atoms with E-state index in [4.69, 9.17) is 4.74 Å². The largest absolute Gasteiger partial charge is 0.586 e. The van der Waals surface area contributed by atoms with E-state index in [9.17, 15) is 18.4 Å². The van der Waals surface area contributed by atoms with Crippen molar-refractivity contribution < 1.29 is 32.6 Å². The molecule has 0 bridgehead atoms. The lowest BCUT2D eigenvalue weighted by molar-refractivity contribution is -0.286. The summed E-state index contributed by atoms with van der Waals surface area (Å²) in [4.78, 5) is 28.0. The Bertz CT molecular complexity index is 1590. The normalized spacial score (nSPS) is 19.4. The maximum atomic E-state index is 13.5. The topological polar surface area (TPSA) is 82.0 Å². The van der Waals surface area contributed by atoms with E-state index in [1.165, 1.54) is 17.8 Å². The molecule has 2 aliphatic heterocycles. The number of hydrogen-bond acceptors (Lipinski definition) is 5. The second-order valence-corrected chi connectivity index (χ2v) is 14.0. The smallest absolute Gasteiger partial charge is 0.444 e. The Hall–Kier alpha value is -3.82. The number of carbonyl (C=O) groups excluding carboxylic acids is 2. The van der Waals surface area contributed by atoms with Gasteiger partial charge in [0.1, 0.15) is 5.60 Å². The summed E-state index contributed by atoms with van der Waals surface area (Å²) in [6, 6.07) is 12.9. The number of amides is 2. The Balaban J connectivity index is 1.22. The van der Waals surface area contributed by atoms with Crippen LogP contribution in [0.5, 0.6) is 11.5 Å². The fourth-order valence-electron chi connectivity index (χ4n) is 6.19. The first kappa shape index (κ1) is 29.3. The van der Waals surface area contributed by atoms with Gasteiger partial charge in [-0.15, -0.1) is 8.78 Å². The van der Waals surface area contributed by atoms with Gasteiger partial charge in [-0.1, -0.05) is 26.8 Å². The molecule has 3 aromatic rings. The summed E-state index contributed by atoms with van der Waals surface area (Å²) in [7, 11) is 0. The minimum absolute atomic E-state index is 0.0370. The number of halogens is 2. The first-order chi connectivity index (χ1) is 20.0. The number of piperidine rings is 1. The first-order valence-corrected chi connectivity index (χ1v) is 14.9. The Labute approximate surface area is 250 Å². The van der Waals surface area contributed by atoms with Crippen LogP contribution < -0.4 is 14.8 Å². The van der Waals surface area contributed by atoms with E-state index in [1.807, 2.05) is 39.0 Å². The highest BCUT2D eigenvalue weighted by molar-refractivity contribution is 6.02. The van der Waals surface area contributed by atoms with Crippen molar-refractivity contribution in [2.75, 3.05) is 18.4 Å². The van der Waals surface area contributed by atoms with Crippen molar-refractivity contribution in [1.29, 1.82) is 0 Å². The molecule has 3 heterocycles. The zero-order valence-electron chi connectivity index (χ0n) is 25.6. The van der Waals surface area contributed by atoms with Crippen LogP contribution >= 0.6 is 0 Å². The summed E-state index contributed by atoms with van der Waals surface area (Å²) >= 11 is 0. The zero-order valence-corrected chi connectivity index (χ0v) is 25.6. The summed E-state index contributed by atoms with van der Waals surface area (Å²) in [6.45, 7) is 13.4. The van der Waals surface area contributed by atoms with Crippen LogP contribution in [0.1, 0.15) is 84.5 Å². The van der Waals surface area contributed by atoms with Crippen molar-refractivity contribution in [3.05, 3.63) is 53.7 Å². The quantitative estimate of drug-likeness (QED) is 0.338. The van der Waals surface area contributed by atoms with Crippen LogP contribution in [0.25, 0.3) is 10.9 Å². The third-order valence-electron chi connectivity index (χ3n) is 8.48. The number of alkyl halides is 2. The van der Waals surface area contributed by atoms with Crippen LogP contribution in [0.4, 0.5) is 19.3 Å². The van der Waals surface area contributed by atoms with Gasteiger partial charge >= 0.3 is 12.4 Å². The molecule has 2 aromatic carbocycles. The maximum Gasteiger partial charge on any atom is 0.586 e. The fourth-order valence-corrected chi connectivity index (χ4v) is 6.19. The van der Waals surface area contributed by atoms with Crippen molar-refractivity contribution in [3.8, 4) is 11.5 Å². The molecule has 10 heteroatoms. The molecule has 3 aliphatic rings. The average Bonchev–Trinajstić information content (AvgIpc) is 3.53. The number of rotatable bonds is 4. The number of carbonyl (C=O) groups is 2. The highest BCUT2D eigenvalue weighted by Crippen LogP contribution is 2.52. The second-order valence-electron chi connectivity index (χ2n) is 14.0. The lowest BCUT2D eigenvalue weighted by Crippen LogP contribution is -2.42. The number of benzene rings is 2. The van der Waals surface area contributed by atoms with E-state index in [0.717, 1.165) is 23.7 Å². The van der Waals surface area contributed by atoms with Gasteiger partial charge in [0.15, 0.2) is 11.5 Å². The number of hydrogen-bond donors (Lipinski definition) is 1. The van der Waals surface area contributed by atoms with E-state index in [1.54, 1.807) is 11.0 Å². The Morgan fingerprint density at radius 1 is 0.930 bits per heavy atom. The molecule has 1 aliphatic carbocycles. The van der Waals surface area contributed by atoms with E-state index >= 15 is 0 Å². The number of ether oxygens (including phenoxy) is 3. The molecule has 0 unspecified atom stereocenters. The van der Waals surface area contributed by atoms with Crippen molar-refractivity contribution in [3.63, 3.8) is 0 Å². The van der Waals surface area contributed by atoms with Crippen molar-refractivity contribution in [2.24, 2.45) is 0 Å². The highest BCUT2D eigenvalue weighted by atomic mass is 19.3. The van der Waals surface area contributed by atoms with Crippen molar-refractivity contribution >= 4 is 28.6 Å². The van der Waals surface area contributed by atoms with Crippen LogP contribution in [-0.4, -0.2) is 46.5 Å². The van der Waals surface area contributed by atoms with E-state index in [2.05, 4.69) is 46.2 Å². The van der Waals surface area contributed by atoms with Gasteiger partial charge in [-0.2, -0.15) is 0 Å². The number of anilines is 1. The molecular weight excluding hydrogens is 556 g/mol. The van der Waals surface area contributed by atoms with Crippen LogP contribution in [0.3, 0.4) is 0 Å². The van der Waals surface area contributed by atoms with Gasteiger partial charge in [-0.25, -0.2) is 4.79 Å². The monoisotopic (exact) mass is 595 g/mol. The molecule has 2 amide bonds. The van der Waals surface area contributed by atoms with E-state index in [-0.39, 0.29) is 35.0 Å². The third-order valence-corrected chi connectivity index (χ3v) is 8.48. The highest BCUT2D eigenvalue weighted by Gasteiger charge is 2.53. The minimum Gasteiger partial charge on any atom is -0.444 e. The molecule has 0 radical (unpaired) electrons. The van der Waals surface area contributed by atoms with Crippen LogP contribution in [0.15, 0.2) is 42.5 Å². The Morgan fingerprint density at radius 2 is 1.60 bits per heavy atom. The molecule has 6 rings (SSSR count). The van der Waals surface area contributed by atoms with E-state index in [0.29, 0.717) is 37.2 Å². The number of aromatic nitrogens is 1. The standard InChI is InChI=1S/C33H39F2N3O5/c1-30(2,3)27-18-20-17-22(8-9-24(20)38(27)23-11-15-37(16-12-23)29(40)43-31(4,5)6)36-28(39)32(13-14-32)21-7-10-25-26(19-21)42-33(34,35)41-25/h7-10,17-19,23H,11-16H2,1-6H3,(H,36,39). The second kappa shape index (κ2) is 9.86. The first-order valence-electron chi connectivity index (χ1n) is 14.9. The van der Waals surface area contributed by atoms with Gasteiger partial charge in [0.2, 0.25) is 5.91 Å². The van der Waals surface area contributed by atoms with Gasteiger partial charge in [-0.05, 0) is 88.4 Å². The number of nitrogens with one attached hydrogen (secondary N) is 1. The van der Waals surface area contributed by atoms with Crippen LogP contribution in [0, 0.1) is 0 Å². The minimum atomic E-state index is -3.70. The summed E-state index contributed by atoms with van der Waals surface area (Å²) < 4.78 is 44.2. The SMILES string of the molecule is CC(C)(C)OC(=O)N1CCC(n2c(C(C)(C)C)cc3cc(NC(=O)C4(c5ccc6c(c5)OC(F)(F)O6)CC4)ccc32)CC1. The van der Waals surface area contributed by atoms with E-state index < -0.39 is 17.3 Å². The fraction of sp³-hybridized carbons (Fsp3) is 0.515. The molecule has 1 saturated carbocycles. The molecule has 1 saturated heterocycles. The number of fused-ring (bicyclic) bond motifs is 2. The van der Waals surface area contributed by atoms with Gasteiger partial charge < -0.3 is 29.0 Å². The third kappa shape index (κ3) is 5.63. The molecular formula is C33H39F2N3O5. The van der Waals surface area contributed by atoms with Gasteiger partial charge in [0.25, 0.3) is 0 Å². The van der Waals surface area contributed by atoms with Gasteiger partial charge in [0, 0.05) is 46.8 Å². The molecule has 230 valence electrons. The van der Waals surface area contributed by atoms with Crippen LogP contribution in [-0.2, 0) is 20.4 Å². The molecule has 1 aromatic heterocycles. The molecule has 8 nitrogen and oxygen atoms in total. The predicted octanol–water partition coefficient (Wildman–Crippen LogP) is 7.50. The summed E-state index contributed by atoms with van der Waals surface area (Å²) in [5, 5.41) is 4.10.